The van der Waals surface area contributed by atoms with Crippen LogP contribution in [0.5, 0.6) is 0 Å². The molecule has 2 saturated carbocycles. The number of aryl methyl sites for hydroxylation is 1. The molecule has 188 valence electrons. The zero-order chi connectivity index (χ0) is 24.5. The van der Waals surface area contributed by atoms with E-state index < -0.39 is 0 Å². The van der Waals surface area contributed by atoms with Crippen LogP contribution in [0, 0.1) is 11.8 Å². The van der Waals surface area contributed by atoms with Gasteiger partial charge in [-0.25, -0.2) is 0 Å². The number of hydrogen-bond donors (Lipinski definition) is 0. The Hall–Kier alpha value is -2.19. The van der Waals surface area contributed by atoms with E-state index >= 15 is 0 Å². The van der Waals surface area contributed by atoms with Gasteiger partial charge in [0.05, 0.1) is 6.10 Å². The summed E-state index contributed by atoms with van der Waals surface area (Å²) >= 11 is 0. The molecule has 0 heterocycles. The first-order valence-electron chi connectivity index (χ1n) is 14.1. The van der Waals surface area contributed by atoms with Crippen molar-refractivity contribution in [2.45, 2.75) is 96.0 Å². The number of carbonyl (C=O) groups excluding carboxylic acids is 1. The van der Waals surface area contributed by atoms with Gasteiger partial charge in [0.1, 0.15) is 0 Å². The Morgan fingerprint density at radius 3 is 2.00 bits per heavy atom. The van der Waals surface area contributed by atoms with Gasteiger partial charge in [0.2, 0.25) is 0 Å². The molecule has 0 aromatic heterocycles. The molecule has 0 amide bonds. The first-order chi connectivity index (χ1) is 17.2. The second kappa shape index (κ2) is 13.2. The van der Waals surface area contributed by atoms with E-state index in [0.717, 1.165) is 30.6 Å². The summed E-state index contributed by atoms with van der Waals surface area (Å²) < 4.78 is 6.06. The molecule has 4 rings (SSSR count). The van der Waals surface area contributed by atoms with Crippen LogP contribution in [-0.4, -0.2) is 18.5 Å². The zero-order valence-electron chi connectivity index (χ0n) is 21.7. The fraction of sp³-hybridized carbons (Fsp3) is 0.545. The summed E-state index contributed by atoms with van der Waals surface area (Å²) in [6, 6.07) is 18.5. The van der Waals surface area contributed by atoms with Crippen molar-refractivity contribution in [2.75, 3.05) is 6.61 Å². The Morgan fingerprint density at radius 2 is 1.43 bits per heavy atom. The third kappa shape index (κ3) is 7.40. The molecule has 2 aromatic rings. The third-order valence-corrected chi connectivity index (χ3v) is 8.51. The predicted molar refractivity (Wildman–Crippen MR) is 147 cm³/mol. The van der Waals surface area contributed by atoms with Crippen LogP contribution in [0.25, 0.3) is 11.1 Å². The highest BCUT2D eigenvalue weighted by Crippen LogP contribution is 2.43. The van der Waals surface area contributed by atoms with Crippen molar-refractivity contribution in [3.05, 3.63) is 72.3 Å². The van der Waals surface area contributed by atoms with Crippen LogP contribution < -0.4 is 0 Å². The molecule has 35 heavy (non-hydrogen) atoms. The molecule has 0 bridgehead atoms. The summed E-state index contributed by atoms with van der Waals surface area (Å²) in [5.41, 5.74) is 5.62. The summed E-state index contributed by atoms with van der Waals surface area (Å²) in [6.45, 7) is 6.48. The van der Waals surface area contributed by atoms with E-state index in [1.165, 1.54) is 86.1 Å². The maximum absolute atomic E-state index is 11.3. The van der Waals surface area contributed by atoms with E-state index in [9.17, 15) is 4.79 Å². The second-order valence-corrected chi connectivity index (χ2v) is 10.9. The van der Waals surface area contributed by atoms with Crippen LogP contribution in [0.3, 0.4) is 0 Å². The molecule has 0 saturated heterocycles. The van der Waals surface area contributed by atoms with Gasteiger partial charge in [0.25, 0.3) is 0 Å². The van der Waals surface area contributed by atoms with Crippen molar-refractivity contribution < 1.29 is 9.53 Å². The molecule has 0 atom stereocenters. The second-order valence-electron chi connectivity index (χ2n) is 10.9. The molecule has 0 unspecified atom stereocenters. The highest BCUT2D eigenvalue weighted by atomic mass is 16.5. The van der Waals surface area contributed by atoms with Crippen LogP contribution in [-0.2, 0) is 16.0 Å². The lowest BCUT2D eigenvalue weighted by molar-refractivity contribution is -0.115. The van der Waals surface area contributed by atoms with E-state index in [1.807, 2.05) is 0 Å². The number of allylic oxidation sites excluding steroid dienone is 1. The van der Waals surface area contributed by atoms with Gasteiger partial charge in [-0.1, -0.05) is 68.5 Å². The fourth-order valence-electron chi connectivity index (χ4n) is 6.35. The van der Waals surface area contributed by atoms with Crippen LogP contribution in [0.15, 0.2) is 61.2 Å². The molecule has 2 aliphatic rings. The van der Waals surface area contributed by atoms with Crippen molar-refractivity contribution >= 4 is 5.78 Å². The van der Waals surface area contributed by atoms with E-state index in [-0.39, 0.29) is 5.78 Å². The van der Waals surface area contributed by atoms with E-state index in [2.05, 4.69) is 62.0 Å². The number of hydrogen-bond acceptors (Lipinski definition) is 2. The maximum atomic E-state index is 11.3. The molecular formula is C33H44O2. The average molecular weight is 473 g/mol. The maximum Gasteiger partial charge on any atom is 0.155 e. The lowest BCUT2D eigenvalue weighted by atomic mass is 9.69. The fourth-order valence-corrected chi connectivity index (χ4v) is 6.35. The molecule has 0 spiro atoms. The van der Waals surface area contributed by atoms with E-state index in [4.69, 9.17) is 4.74 Å². The lowest BCUT2D eigenvalue weighted by Crippen LogP contribution is -2.28. The topological polar surface area (TPSA) is 26.3 Å². The molecule has 2 fully saturated rings. The van der Waals surface area contributed by atoms with Crippen molar-refractivity contribution in [3.63, 3.8) is 0 Å². The molecule has 2 nitrogen and oxygen atoms in total. The largest absolute Gasteiger partial charge is 0.378 e. The van der Waals surface area contributed by atoms with Gasteiger partial charge in [-0.2, -0.15) is 0 Å². The number of ketones is 1. The minimum atomic E-state index is 0.126. The van der Waals surface area contributed by atoms with Crippen LogP contribution in [0.1, 0.15) is 94.6 Å². The Kier molecular flexibility index (Phi) is 9.77. The first kappa shape index (κ1) is 25.9. The van der Waals surface area contributed by atoms with Crippen molar-refractivity contribution in [3.8, 4) is 11.1 Å². The summed E-state index contributed by atoms with van der Waals surface area (Å²) in [5.74, 6) is 2.64. The molecule has 0 radical (unpaired) electrons. The van der Waals surface area contributed by atoms with Gasteiger partial charge in [-0.05, 0) is 110 Å². The molecular weight excluding hydrogens is 428 g/mol. The minimum Gasteiger partial charge on any atom is -0.378 e. The molecule has 0 N–H and O–H groups in total. The smallest absolute Gasteiger partial charge is 0.155 e. The van der Waals surface area contributed by atoms with Crippen LogP contribution >= 0.6 is 0 Å². The highest BCUT2D eigenvalue weighted by molar-refractivity contribution is 5.88. The Morgan fingerprint density at radius 1 is 0.857 bits per heavy atom. The van der Waals surface area contributed by atoms with Gasteiger partial charge >= 0.3 is 0 Å². The molecule has 2 aromatic carbocycles. The summed E-state index contributed by atoms with van der Waals surface area (Å²) in [4.78, 5) is 11.3. The van der Waals surface area contributed by atoms with Crippen LogP contribution in [0.4, 0.5) is 0 Å². The van der Waals surface area contributed by atoms with Gasteiger partial charge in [-0.15, -0.1) is 0 Å². The minimum absolute atomic E-state index is 0.126. The van der Waals surface area contributed by atoms with Crippen LogP contribution in [0.2, 0.25) is 0 Å². The van der Waals surface area contributed by atoms with E-state index in [0.29, 0.717) is 19.1 Å². The predicted octanol–water partition coefficient (Wildman–Crippen LogP) is 8.69. The van der Waals surface area contributed by atoms with Crippen molar-refractivity contribution in [1.82, 2.24) is 0 Å². The SMILES string of the molecule is C=CC(=O)CCCOC1CCC(C2CCC(c3ccc(-c4ccc(CCC)cc4)cc3)CC2)CC1. The Balaban J connectivity index is 1.18. The number of benzene rings is 2. The number of ether oxygens (including phenoxy) is 1. The van der Waals surface area contributed by atoms with E-state index in [1.54, 1.807) is 0 Å². The molecule has 2 aliphatic carbocycles. The van der Waals surface area contributed by atoms with Gasteiger partial charge < -0.3 is 4.74 Å². The zero-order valence-corrected chi connectivity index (χ0v) is 21.7. The third-order valence-electron chi connectivity index (χ3n) is 8.51. The summed E-state index contributed by atoms with van der Waals surface area (Å²) in [7, 11) is 0. The number of rotatable bonds is 11. The van der Waals surface area contributed by atoms with Crippen molar-refractivity contribution in [1.29, 1.82) is 0 Å². The Labute approximate surface area is 213 Å². The Bertz CT molecular complexity index is 911. The summed E-state index contributed by atoms with van der Waals surface area (Å²) in [6.07, 6.45) is 16.0. The quantitative estimate of drug-likeness (QED) is 0.241. The van der Waals surface area contributed by atoms with Crippen molar-refractivity contribution in [2.24, 2.45) is 11.8 Å². The highest BCUT2D eigenvalue weighted by Gasteiger charge is 2.31. The standard InChI is InChI=1S/C33H44O2/c1-3-6-25-8-10-26(11-9-25)27-12-14-28(15-13-27)29-16-18-30(19-17-29)31-20-22-33(23-21-31)35-24-5-7-32(34)4-2/h4,8-15,29-31,33H,2-3,5-7,16-24H2,1H3. The molecule has 0 aliphatic heterocycles. The first-order valence-corrected chi connectivity index (χ1v) is 14.1. The normalized spacial score (nSPS) is 24.7. The van der Waals surface area contributed by atoms with Gasteiger partial charge in [0.15, 0.2) is 5.78 Å². The lowest BCUT2D eigenvalue weighted by Gasteiger charge is -2.38. The summed E-state index contributed by atoms with van der Waals surface area (Å²) in [5, 5.41) is 0. The monoisotopic (exact) mass is 472 g/mol. The average Bonchev–Trinajstić information content (AvgIpc) is 2.92. The van der Waals surface area contributed by atoms with Gasteiger partial charge in [-0.3, -0.25) is 4.79 Å². The molecule has 2 heteroatoms. The number of carbonyl (C=O) groups is 1. The van der Waals surface area contributed by atoms with Gasteiger partial charge in [0, 0.05) is 13.0 Å².